The van der Waals surface area contributed by atoms with Gasteiger partial charge in [0.25, 0.3) is 5.91 Å². The first-order chi connectivity index (χ1) is 15.7. The maximum atomic E-state index is 12.6. The van der Waals surface area contributed by atoms with Crippen LogP contribution in [0, 0.1) is 24.3 Å². The van der Waals surface area contributed by atoms with Gasteiger partial charge in [-0.15, -0.1) is 10.2 Å². The number of amides is 2. The molecule has 1 heterocycles. The minimum absolute atomic E-state index is 0.0969. The van der Waals surface area contributed by atoms with Crippen molar-refractivity contribution in [2.45, 2.75) is 52.4 Å². The van der Waals surface area contributed by atoms with Gasteiger partial charge >= 0.3 is 0 Å². The van der Waals surface area contributed by atoms with Gasteiger partial charge in [-0.25, -0.2) is 0 Å². The molecule has 0 saturated heterocycles. The van der Waals surface area contributed by atoms with Crippen LogP contribution in [0.15, 0.2) is 41.6 Å². The van der Waals surface area contributed by atoms with Crippen LogP contribution >= 0.6 is 34.4 Å². The second kappa shape index (κ2) is 11.1. The first-order valence-electron chi connectivity index (χ1n) is 10.7. The Kier molecular flexibility index (Phi) is 8.52. The third-order valence-electron chi connectivity index (χ3n) is 5.20. The number of aryl methyl sites for hydroxylation is 3. The van der Waals surface area contributed by atoms with E-state index < -0.39 is 0 Å². The van der Waals surface area contributed by atoms with Crippen LogP contribution in [0.2, 0.25) is 0 Å². The molecule has 0 fully saturated rings. The summed E-state index contributed by atoms with van der Waals surface area (Å²) in [5.74, 6) is 0.614. The molecular formula is C24H28IN5O2S. The Morgan fingerprint density at radius 3 is 2.33 bits per heavy atom. The third kappa shape index (κ3) is 6.35. The van der Waals surface area contributed by atoms with Crippen molar-refractivity contribution in [2.75, 3.05) is 11.1 Å². The number of hydrogen-bond acceptors (Lipinski definition) is 5. The molecule has 1 atom stereocenters. The van der Waals surface area contributed by atoms with E-state index in [-0.39, 0.29) is 23.6 Å². The number of rotatable bonds is 8. The molecule has 7 nitrogen and oxygen atoms in total. The molecule has 2 N–H and O–H groups in total. The molecule has 0 aliphatic heterocycles. The molecule has 0 spiro atoms. The molecule has 0 bridgehead atoms. The van der Waals surface area contributed by atoms with Crippen molar-refractivity contribution in [3.05, 3.63) is 68.0 Å². The minimum Gasteiger partial charge on any atom is -0.342 e. The van der Waals surface area contributed by atoms with E-state index in [2.05, 4.69) is 43.4 Å². The third-order valence-corrected chi connectivity index (χ3v) is 6.79. The van der Waals surface area contributed by atoms with Crippen molar-refractivity contribution in [3.63, 3.8) is 0 Å². The molecule has 3 aromatic rings. The van der Waals surface area contributed by atoms with Gasteiger partial charge in [-0.3, -0.25) is 9.59 Å². The number of thioether (sulfide) groups is 1. The van der Waals surface area contributed by atoms with E-state index >= 15 is 0 Å². The lowest BCUT2D eigenvalue weighted by Gasteiger charge is -2.15. The quantitative estimate of drug-likeness (QED) is 0.289. The Hall–Kier alpha value is -2.40. The summed E-state index contributed by atoms with van der Waals surface area (Å²) < 4.78 is 3.07. The molecule has 3 rings (SSSR count). The molecule has 1 aromatic heterocycles. The van der Waals surface area contributed by atoms with Gasteiger partial charge in [0.2, 0.25) is 5.91 Å². The van der Waals surface area contributed by atoms with Gasteiger partial charge < -0.3 is 15.2 Å². The van der Waals surface area contributed by atoms with Crippen LogP contribution in [0.1, 0.15) is 52.8 Å². The lowest BCUT2D eigenvalue weighted by Crippen LogP contribution is -2.28. The summed E-state index contributed by atoms with van der Waals surface area (Å²) in [4.78, 5) is 25.2. The molecular weight excluding hydrogens is 549 g/mol. The maximum Gasteiger partial charge on any atom is 0.251 e. The fraction of sp³-hybridized carbons (Fsp3) is 0.333. The molecule has 33 heavy (non-hydrogen) atoms. The van der Waals surface area contributed by atoms with Crippen molar-refractivity contribution in [2.24, 2.45) is 0 Å². The monoisotopic (exact) mass is 577 g/mol. The largest absolute Gasteiger partial charge is 0.342 e. The van der Waals surface area contributed by atoms with Gasteiger partial charge in [0, 0.05) is 21.4 Å². The Morgan fingerprint density at radius 1 is 1.09 bits per heavy atom. The average Bonchev–Trinajstić information content (AvgIpc) is 3.18. The zero-order chi connectivity index (χ0) is 24.1. The first kappa shape index (κ1) is 25.2. The number of benzene rings is 2. The number of nitrogens with zero attached hydrogens (tertiary/aromatic N) is 3. The Labute approximate surface area is 212 Å². The summed E-state index contributed by atoms with van der Waals surface area (Å²) in [6.45, 7) is 10.5. The summed E-state index contributed by atoms with van der Waals surface area (Å²) in [6.07, 6.45) is 0. The van der Waals surface area contributed by atoms with Crippen molar-refractivity contribution < 1.29 is 9.59 Å². The van der Waals surface area contributed by atoms with E-state index in [1.807, 2.05) is 63.5 Å². The molecule has 0 saturated carbocycles. The van der Waals surface area contributed by atoms with Gasteiger partial charge in [0.05, 0.1) is 11.8 Å². The summed E-state index contributed by atoms with van der Waals surface area (Å²) in [7, 11) is 0. The van der Waals surface area contributed by atoms with E-state index in [4.69, 9.17) is 0 Å². The Balaban J connectivity index is 1.64. The number of carbonyl (C=O) groups is 2. The molecule has 9 heteroatoms. The van der Waals surface area contributed by atoms with E-state index in [1.165, 1.54) is 11.8 Å². The van der Waals surface area contributed by atoms with Crippen molar-refractivity contribution >= 4 is 51.9 Å². The van der Waals surface area contributed by atoms with E-state index in [0.29, 0.717) is 23.1 Å². The zero-order valence-electron chi connectivity index (χ0n) is 19.4. The summed E-state index contributed by atoms with van der Waals surface area (Å²) in [6, 6.07) is 11.2. The molecule has 0 aliphatic carbocycles. The predicted octanol–water partition coefficient (Wildman–Crippen LogP) is 5.05. The number of anilines is 1. The molecule has 2 aromatic carbocycles. The summed E-state index contributed by atoms with van der Waals surface area (Å²) in [5, 5.41) is 15.2. The first-order valence-corrected chi connectivity index (χ1v) is 12.8. The van der Waals surface area contributed by atoms with Crippen LogP contribution in [0.5, 0.6) is 0 Å². The number of hydrogen-bond donors (Lipinski definition) is 2. The fourth-order valence-corrected chi connectivity index (χ4v) is 5.23. The highest BCUT2D eigenvalue weighted by atomic mass is 127. The fourth-order valence-electron chi connectivity index (χ4n) is 3.49. The summed E-state index contributed by atoms with van der Waals surface area (Å²) >= 11 is 3.60. The molecule has 0 radical (unpaired) electrons. The highest BCUT2D eigenvalue weighted by Gasteiger charge is 2.20. The Bertz CT molecular complexity index is 1140. The lowest BCUT2D eigenvalue weighted by molar-refractivity contribution is -0.113. The highest BCUT2D eigenvalue weighted by molar-refractivity contribution is 14.1. The van der Waals surface area contributed by atoms with Gasteiger partial charge in [0.15, 0.2) is 11.0 Å². The van der Waals surface area contributed by atoms with Gasteiger partial charge in [-0.2, -0.15) is 0 Å². The predicted molar refractivity (Wildman–Crippen MR) is 141 cm³/mol. The molecule has 0 aliphatic rings. The zero-order valence-corrected chi connectivity index (χ0v) is 22.4. The van der Waals surface area contributed by atoms with Crippen LogP contribution in [0.4, 0.5) is 5.69 Å². The smallest absolute Gasteiger partial charge is 0.251 e. The van der Waals surface area contributed by atoms with E-state index in [0.717, 1.165) is 25.9 Å². The van der Waals surface area contributed by atoms with Crippen LogP contribution in [-0.4, -0.2) is 32.3 Å². The van der Waals surface area contributed by atoms with Crippen molar-refractivity contribution in [1.29, 1.82) is 0 Å². The second-order valence-electron chi connectivity index (χ2n) is 7.90. The van der Waals surface area contributed by atoms with Gasteiger partial charge in [-0.1, -0.05) is 29.5 Å². The standard InChI is InChI=1S/C24H28IN5O2S/c1-6-30-22(17(5)26-23(32)18-9-7-14(2)8-10-18)28-29-24(30)33-13-20(31)27-21-15(3)11-19(25)12-16(21)4/h7-12,17H,6,13H2,1-5H3,(H,26,32)(H,27,31)/t17-/m1/s1. The molecule has 0 unspecified atom stereocenters. The maximum absolute atomic E-state index is 12.6. The second-order valence-corrected chi connectivity index (χ2v) is 10.1. The van der Waals surface area contributed by atoms with Crippen LogP contribution in [0.25, 0.3) is 0 Å². The number of aromatic nitrogens is 3. The minimum atomic E-state index is -0.327. The van der Waals surface area contributed by atoms with Crippen LogP contribution in [0.3, 0.4) is 0 Å². The topological polar surface area (TPSA) is 88.9 Å². The summed E-state index contributed by atoms with van der Waals surface area (Å²) in [5.41, 5.74) is 4.63. The lowest BCUT2D eigenvalue weighted by atomic mass is 10.1. The van der Waals surface area contributed by atoms with Gasteiger partial charge in [0.1, 0.15) is 0 Å². The van der Waals surface area contributed by atoms with Crippen molar-refractivity contribution in [3.8, 4) is 0 Å². The Morgan fingerprint density at radius 2 is 1.73 bits per heavy atom. The molecule has 2 amide bonds. The highest BCUT2D eigenvalue weighted by Crippen LogP contribution is 2.25. The van der Waals surface area contributed by atoms with Gasteiger partial charge in [-0.05, 0) is 92.6 Å². The average molecular weight is 577 g/mol. The number of carbonyl (C=O) groups excluding carboxylic acids is 2. The molecule has 174 valence electrons. The number of halogens is 1. The SMILES string of the molecule is CCn1c(SCC(=O)Nc2c(C)cc(I)cc2C)nnc1[C@@H](C)NC(=O)c1ccc(C)cc1. The van der Waals surface area contributed by atoms with E-state index in [9.17, 15) is 9.59 Å². The van der Waals surface area contributed by atoms with Crippen LogP contribution in [-0.2, 0) is 11.3 Å². The van der Waals surface area contributed by atoms with Crippen molar-refractivity contribution in [1.82, 2.24) is 20.1 Å². The van der Waals surface area contributed by atoms with Crippen LogP contribution < -0.4 is 10.6 Å². The van der Waals surface area contributed by atoms with E-state index in [1.54, 1.807) is 12.1 Å². The number of nitrogens with one attached hydrogen (secondary N) is 2. The normalized spacial score (nSPS) is 11.8.